The Bertz CT molecular complexity index is 2660. The van der Waals surface area contributed by atoms with Crippen LogP contribution in [0.15, 0.2) is 174 Å². The summed E-state index contributed by atoms with van der Waals surface area (Å²) in [5.41, 5.74) is 11.2. The van der Waals surface area contributed by atoms with Crippen LogP contribution in [0.4, 0.5) is 0 Å². The molecule has 0 spiro atoms. The minimum atomic E-state index is 1.18. The SMILES string of the molecule is c1ccc(-n2c3ccccc3c3cc4ccc(-c5cccc(-c6ccc7c(c6)-c6cccc8cccc(c68)S7)c5)cc4cc32)cc1. The molecule has 0 unspecified atom stereocenters. The second kappa shape index (κ2) is 9.97. The van der Waals surface area contributed by atoms with Gasteiger partial charge in [-0.2, -0.15) is 0 Å². The molecule has 1 aliphatic heterocycles. The van der Waals surface area contributed by atoms with Crippen LogP contribution in [0.2, 0.25) is 0 Å². The van der Waals surface area contributed by atoms with Crippen molar-refractivity contribution in [2.75, 3.05) is 0 Å². The lowest BCUT2D eigenvalue weighted by molar-refractivity contribution is 1.18. The van der Waals surface area contributed by atoms with Gasteiger partial charge in [-0.3, -0.25) is 0 Å². The van der Waals surface area contributed by atoms with Crippen molar-refractivity contribution in [1.29, 1.82) is 0 Å². The van der Waals surface area contributed by atoms with Crippen LogP contribution in [0.1, 0.15) is 0 Å². The van der Waals surface area contributed by atoms with Gasteiger partial charge in [0.1, 0.15) is 0 Å². The molecule has 0 radical (unpaired) electrons. The van der Waals surface area contributed by atoms with Crippen molar-refractivity contribution in [3.05, 3.63) is 164 Å². The van der Waals surface area contributed by atoms with Crippen LogP contribution >= 0.6 is 11.8 Å². The van der Waals surface area contributed by atoms with E-state index < -0.39 is 0 Å². The van der Waals surface area contributed by atoms with E-state index in [1.807, 2.05) is 11.8 Å². The van der Waals surface area contributed by atoms with Crippen LogP contribution in [-0.2, 0) is 0 Å². The topological polar surface area (TPSA) is 4.93 Å². The Hall–Kier alpha value is -5.57. The van der Waals surface area contributed by atoms with Gasteiger partial charge in [0.15, 0.2) is 0 Å². The fourth-order valence-corrected chi connectivity index (χ4v) is 8.50. The van der Waals surface area contributed by atoms with E-state index in [4.69, 9.17) is 0 Å². The monoisotopic (exact) mass is 601 g/mol. The Morgan fingerprint density at radius 3 is 2.00 bits per heavy atom. The summed E-state index contributed by atoms with van der Waals surface area (Å²) in [6.07, 6.45) is 0. The predicted octanol–water partition coefficient (Wildman–Crippen LogP) is 12.6. The number of hydrogen-bond donors (Lipinski definition) is 0. The number of hydrogen-bond acceptors (Lipinski definition) is 1. The molecule has 2 heterocycles. The van der Waals surface area contributed by atoms with Crippen molar-refractivity contribution in [2.45, 2.75) is 9.79 Å². The first-order chi connectivity index (χ1) is 22.8. The molecule has 10 rings (SSSR count). The minimum Gasteiger partial charge on any atom is -0.309 e. The number of para-hydroxylation sites is 2. The molecule has 2 heteroatoms. The molecule has 8 aromatic carbocycles. The molecule has 0 fully saturated rings. The summed E-state index contributed by atoms with van der Waals surface area (Å²) in [5, 5.41) is 7.73. The maximum Gasteiger partial charge on any atom is 0.0547 e. The summed E-state index contributed by atoms with van der Waals surface area (Å²) in [4.78, 5) is 2.66. The lowest BCUT2D eigenvalue weighted by Gasteiger charge is -2.21. The Balaban J connectivity index is 1.09. The third kappa shape index (κ3) is 3.90. The fourth-order valence-electron chi connectivity index (χ4n) is 7.37. The molecule has 9 aromatic rings. The highest BCUT2D eigenvalue weighted by Gasteiger charge is 2.20. The third-order valence-electron chi connectivity index (χ3n) is 9.53. The number of rotatable bonds is 3. The summed E-state index contributed by atoms with van der Waals surface area (Å²) in [6.45, 7) is 0. The smallest absolute Gasteiger partial charge is 0.0547 e. The zero-order chi connectivity index (χ0) is 30.2. The summed E-state index contributed by atoms with van der Waals surface area (Å²) >= 11 is 1.88. The summed E-state index contributed by atoms with van der Waals surface area (Å²) in [6, 6.07) is 60.3. The summed E-state index contributed by atoms with van der Waals surface area (Å²) < 4.78 is 2.39. The summed E-state index contributed by atoms with van der Waals surface area (Å²) in [7, 11) is 0. The van der Waals surface area contributed by atoms with Gasteiger partial charge in [-0.05, 0) is 110 Å². The largest absolute Gasteiger partial charge is 0.309 e. The highest BCUT2D eigenvalue weighted by molar-refractivity contribution is 7.99. The average Bonchev–Trinajstić information content (AvgIpc) is 3.44. The Morgan fingerprint density at radius 1 is 0.370 bits per heavy atom. The van der Waals surface area contributed by atoms with E-state index in [9.17, 15) is 0 Å². The highest BCUT2D eigenvalue weighted by atomic mass is 32.2. The van der Waals surface area contributed by atoms with Gasteiger partial charge in [-0.15, -0.1) is 0 Å². The van der Waals surface area contributed by atoms with Crippen molar-refractivity contribution in [3.8, 4) is 39.1 Å². The molecule has 0 saturated carbocycles. The molecule has 1 aromatic heterocycles. The Morgan fingerprint density at radius 2 is 1.11 bits per heavy atom. The van der Waals surface area contributed by atoms with Gasteiger partial charge in [0.05, 0.1) is 11.0 Å². The molecular formula is C44H27NS. The Kier molecular flexibility index (Phi) is 5.58. The predicted molar refractivity (Wildman–Crippen MR) is 196 cm³/mol. The number of nitrogens with zero attached hydrogens (tertiary/aromatic N) is 1. The summed E-state index contributed by atoms with van der Waals surface area (Å²) in [5.74, 6) is 0. The van der Waals surface area contributed by atoms with E-state index in [2.05, 4.69) is 168 Å². The third-order valence-corrected chi connectivity index (χ3v) is 10.7. The maximum atomic E-state index is 2.39. The second-order valence-corrected chi connectivity index (χ2v) is 13.3. The molecule has 46 heavy (non-hydrogen) atoms. The van der Waals surface area contributed by atoms with Gasteiger partial charge in [0.25, 0.3) is 0 Å². The molecule has 0 saturated heterocycles. The first-order valence-corrected chi connectivity index (χ1v) is 16.6. The van der Waals surface area contributed by atoms with Crippen molar-refractivity contribution in [1.82, 2.24) is 4.57 Å². The first-order valence-electron chi connectivity index (χ1n) is 15.8. The van der Waals surface area contributed by atoms with Gasteiger partial charge in [0, 0.05) is 31.6 Å². The number of fused-ring (bicyclic) bond motifs is 6. The van der Waals surface area contributed by atoms with E-state index >= 15 is 0 Å². The van der Waals surface area contributed by atoms with Crippen LogP contribution in [0.3, 0.4) is 0 Å². The molecule has 0 aliphatic carbocycles. The molecule has 214 valence electrons. The van der Waals surface area contributed by atoms with Crippen molar-refractivity contribution < 1.29 is 0 Å². The van der Waals surface area contributed by atoms with Crippen LogP contribution in [0, 0.1) is 0 Å². The van der Waals surface area contributed by atoms with E-state index in [1.165, 1.54) is 92.2 Å². The quantitative estimate of drug-likeness (QED) is 0.195. The van der Waals surface area contributed by atoms with E-state index in [-0.39, 0.29) is 0 Å². The van der Waals surface area contributed by atoms with Crippen LogP contribution in [0.5, 0.6) is 0 Å². The molecule has 0 bridgehead atoms. The Labute approximate surface area is 271 Å². The van der Waals surface area contributed by atoms with Crippen LogP contribution < -0.4 is 0 Å². The number of aromatic nitrogens is 1. The van der Waals surface area contributed by atoms with Gasteiger partial charge >= 0.3 is 0 Å². The molecule has 1 nitrogen and oxygen atoms in total. The van der Waals surface area contributed by atoms with Gasteiger partial charge in [-0.1, -0.05) is 115 Å². The van der Waals surface area contributed by atoms with Crippen molar-refractivity contribution in [2.24, 2.45) is 0 Å². The van der Waals surface area contributed by atoms with Gasteiger partial charge in [-0.25, -0.2) is 0 Å². The normalized spacial score (nSPS) is 12.3. The minimum absolute atomic E-state index is 1.18. The first kappa shape index (κ1) is 25.7. The van der Waals surface area contributed by atoms with Crippen molar-refractivity contribution >= 4 is 55.1 Å². The lowest BCUT2D eigenvalue weighted by Crippen LogP contribution is -1.93. The number of benzene rings is 8. The van der Waals surface area contributed by atoms with Gasteiger partial charge in [0.2, 0.25) is 0 Å². The molecular weight excluding hydrogens is 575 g/mol. The van der Waals surface area contributed by atoms with E-state index in [0.717, 1.165) is 0 Å². The zero-order valence-electron chi connectivity index (χ0n) is 24.9. The van der Waals surface area contributed by atoms with Crippen LogP contribution in [-0.4, -0.2) is 4.57 Å². The molecule has 0 amide bonds. The fraction of sp³-hybridized carbons (Fsp3) is 0. The molecule has 1 aliphatic rings. The molecule has 0 atom stereocenters. The van der Waals surface area contributed by atoms with Crippen molar-refractivity contribution in [3.63, 3.8) is 0 Å². The zero-order valence-corrected chi connectivity index (χ0v) is 25.8. The lowest BCUT2D eigenvalue weighted by atomic mass is 9.93. The van der Waals surface area contributed by atoms with Crippen LogP contribution in [0.25, 0.3) is 82.4 Å². The van der Waals surface area contributed by atoms with E-state index in [0.29, 0.717) is 0 Å². The standard InChI is InChI=1S/C44H27NS/c1-2-13-35(14-3-1)45-40-17-5-4-15-36(40)38-25-33-20-19-31(24-34(33)27-41(38)45)29-11-6-12-30(23-29)32-21-22-42-39(26-32)37-16-7-9-28-10-8-18-43(46-42)44(28)37/h1-27H. The van der Waals surface area contributed by atoms with E-state index in [1.54, 1.807) is 0 Å². The van der Waals surface area contributed by atoms with Gasteiger partial charge < -0.3 is 4.57 Å². The average molecular weight is 602 g/mol. The second-order valence-electron chi connectivity index (χ2n) is 12.2. The maximum absolute atomic E-state index is 2.39. The molecule has 0 N–H and O–H groups in total. The highest BCUT2D eigenvalue weighted by Crippen LogP contribution is 2.49.